The Morgan fingerprint density at radius 1 is 1.32 bits per heavy atom. The minimum atomic E-state index is 0.240. The lowest BCUT2D eigenvalue weighted by atomic mass is 9.88. The van der Waals surface area contributed by atoms with Crippen molar-refractivity contribution in [2.45, 2.75) is 47.0 Å². The number of aliphatic imine (C=N–C) groups is 2. The predicted octanol–water partition coefficient (Wildman–Crippen LogP) is 5.84. The third-order valence-electron chi connectivity index (χ3n) is 4.50. The van der Waals surface area contributed by atoms with Crippen molar-refractivity contribution < 1.29 is 0 Å². The van der Waals surface area contributed by atoms with E-state index in [4.69, 9.17) is 10.7 Å². The summed E-state index contributed by atoms with van der Waals surface area (Å²) >= 11 is 0. The Hall–Kier alpha value is -2.93. The number of nitrogens with two attached hydrogens (primary N) is 1. The zero-order chi connectivity index (χ0) is 21.5. The summed E-state index contributed by atoms with van der Waals surface area (Å²) < 4.78 is 0. The number of allylic oxidation sites excluding steroid dienone is 8. The molecule has 0 radical (unpaired) electrons. The largest absolute Gasteiger partial charge is 0.405 e. The number of hydrogen-bond acceptors (Lipinski definition) is 4. The van der Waals surface area contributed by atoms with Crippen LogP contribution in [0, 0.1) is 17.2 Å². The van der Waals surface area contributed by atoms with Crippen molar-refractivity contribution in [3.8, 4) is 6.07 Å². The van der Waals surface area contributed by atoms with Crippen LogP contribution in [0.2, 0.25) is 0 Å². The Balaban J connectivity index is 6.11. The van der Waals surface area contributed by atoms with Gasteiger partial charge in [0, 0.05) is 24.5 Å². The van der Waals surface area contributed by atoms with Gasteiger partial charge in [-0.3, -0.25) is 9.98 Å². The summed E-state index contributed by atoms with van der Waals surface area (Å²) in [6.45, 7) is 16.2. The van der Waals surface area contributed by atoms with Gasteiger partial charge in [-0.2, -0.15) is 5.26 Å². The van der Waals surface area contributed by atoms with Gasteiger partial charge in [0.1, 0.15) is 0 Å². The standard InChI is InChI=1S/C24H34N4/c1-8-18(4)17-28-24(19(5)9-2)20(6)22(15-21(10-3)16-26)11-12-23(27-7)13-14-25/h8,10,13-15,17,19H,1,6,9,11-12,25H2,2-5,7H3/b14-13?,18-17-,21-10+,22-15-,27-23?,28-24?. The lowest BCUT2D eigenvalue weighted by Gasteiger charge is -2.18. The van der Waals surface area contributed by atoms with Crippen molar-refractivity contribution in [3.05, 3.63) is 72.2 Å². The second-order valence-electron chi connectivity index (χ2n) is 6.48. The smallest absolute Gasteiger partial charge is 0.0988 e. The molecule has 150 valence electrons. The van der Waals surface area contributed by atoms with Gasteiger partial charge in [0.25, 0.3) is 0 Å². The number of rotatable bonds is 11. The second-order valence-corrected chi connectivity index (χ2v) is 6.48. The molecule has 0 saturated heterocycles. The average molecular weight is 379 g/mol. The van der Waals surface area contributed by atoms with Crippen molar-refractivity contribution in [2.24, 2.45) is 21.6 Å². The van der Waals surface area contributed by atoms with Crippen molar-refractivity contribution in [1.82, 2.24) is 0 Å². The molecule has 4 nitrogen and oxygen atoms in total. The summed E-state index contributed by atoms with van der Waals surface area (Å²) in [7, 11) is 1.75. The number of nitrogens with zero attached hydrogens (tertiary/aromatic N) is 3. The normalized spacial score (nSPS) is 15.5. The fourth-order valence-corrected chi connectivity index (χ4v) is 2.41. The van der Waals surface area contributed by atoms with Crippen LogP contribution >= 0.6 is 0 Å². The Labute approximate surface area is 171 Å². The van der Waals surface area contributed by atoms with Gasteiger partial charge in [0.2, 0.25) is 0 Å². The highest BCUT2D eigenvalue weighted by molar-refractivity contribution is 6.05. The zero-order valence-corrected chi connectivity index (χ0v) is 18.0. The molecule has 0 aliphatic rings. The summed E-state index contributed by atoms with van der Waals surface area (Å²) in [5.74, 6) is 0.240. The van der Waals surface area contributed by atoms with Crippen LogP contribution in [0.25, 0.3) is 0 Å². The van der Waals surface area contributed by atoms with Crippen LogP contribution in [0.5, 0.6) is 0 Å². The molecule has 0 spiro atoms. The van der Waals surface area contributed by atoms with E-state index in [1.807, 2.05) is 26.1 Å². The van der Waals surface area contributed by atoms with Gasteiger partial charge in [-0.15, -0.1) is 0 Å². The third kappa shape index (κ3) is 8.64. The molecule has 4 heteroatoms. The van der Waals surface area contributed by atoms with E-state index >= 15 is 0 Å². The van der Waals surface area contributed by atoms with Crippen molar-refractivity contribution in [1.29, 1.82) is 5.26 Å². The Morgan fingerprint density at radius 3 is 2.46 bits per heavy atom. The molecule has 0 heterocycles. The maximum atomic E-state index is 9.37. The van der Waals surface area contributed by atoms with E-state index in [-0.39, 0.29) is 5.92 Å². The molecule has 0 aromatic carbocycles. The minimum Gasteiger partial charge on any atom is -0.405 e. The first-order valence-corrected chi connectivity index (χ1v) is 9.55. The summed E-state index contributed by atoms with van der Waals surface area (Å²) in [4.78, 5) is 8.96. The van der Waals surface area contributed by atoms with Gasteiger partial charge in [-0.05, 0) is 74.1 Å². The first kappa shape index (κ1) is 25.1. The van der Waals surface area contributed by atoms with Crippen LogP contribution in [-0.2, 0) is 0 Å². The van der Waals surface area contributed by atoms with Crippen molar-refractivity contribution in [3.63, 3.8) is 0 Å². The zero-order valence-electron chi connectivity index (χ0n) is 18.0. The van der Waals surface area contributed by atoms with Crippen molar-refractivity contribution in [2.75, 3.05) is 7.05 Å². The molecule has 2 N–H and O–H groups in total. The summed E-state index contributed by atoms with van der Waals surface area (Å²) in [6, 6.07) is 2.22. The molecule has 0 aromatic rings. The molecule has 0 amide bonds. The van der Waals surface area contributed by atoms with E-state index in [9.17, 15) is 5.26 Å². The summed E-state index contributed by atoms with van der Waals surface area (Å²) in [6.07, 6.45) is 12.9. The molecule has 0 aliphatic heterocycles. The Morgan fingerprint density at radius 2 is 2.00 bits per heavy atom. The number of nitriles is 1. The number of hydrogen-bond donors (Lipinski definition) is 1. The highest BCUT2D eigenvalue weighted by atomic mass is 14.7. The molecule has 0 aromatic heterocycles. The summed E-state index contributed by atoms with van der Waals surface area (Å²) in [5, 5.41) is 9.37. The van der Waals surface area contributed by atoms with E-state index in [0.29, 0.717) is 18.4 Å². The maximum Gasteiger partial charge on any atom is 0.0988 e. The van der Waals surface area contributed by atoms with Gasteiger partial charge in [-0.25, -0.2) is 0 Å². The molecular formula is C24H34N4. The first-order valence-electron chi connectivity index (χ1n) is 9.55. The molecule has 0 aliphatic carbocycles. The van der Waals surface area contributed by atoms with E-state index < -0.39 is 0 Å². The second kappa shape index (κ2) is 14.2. The average Bonchev–Trinajstić information content (AvgIpc) is 2.72. The van der Waals surface area contributed by atoms with Crippen LogP contribution in [0.1, 0.15) is 47.0 Å². The predicted molar refractivity (Wildman–Crippen MR) is 123 cm³/mol. The van der Waals surface area contributed by atoms with Crippen molar-refractivity contribution >= 4 is 11.4 Å². The van der Waals surface area contributed by atoms with Gasteiger partial charge in [-0.1, -0.05) is 39.2 Å². The van der Waals surface area contributed by atoms with Crippen LogP contribution in [0.15, 0.2) is 82.1 Å². The fraction of sp³-hybridized carbons (Fsp3) is 0.375. The highest BCUT2D eigenvalue weighted by Gasteiger charge is 2.16. The highest BCUT2D eigenvalue weighted by Crippen LogP contribution is 2.24. The molecule has 0 saturated carbocycles. The quantitative estimate of drug-likeness (QED) is 0.279. The van der Waals surface area contributed by atoms with E-state index in [1.165, 1.54) is 6.20 Å². The van der Waals surface area contributed by atoms with Crippen LogP contribution in [-0.4, -0.2) is 18.5 Å². The first-order chi connectivity index (χ1) is 13.4. The molecule has 0 fully saturated rings. The SMILES string of the molecule is C=C/C(C)=C\N=C(C(=C)/C(=C\C(C#N)=C/C)CCC(C=CN)=NC)C(C)CC. The molecular weight excluding hydrogens is 344 g/mol. The third-order valence-corrected chi connectivity index (χ3v) is 4.50. The fourth-order valence-electron chi connectivity index (χ4n) is 2.41. The lowest BCUT2D eigenvalue weighted by Crippen LogP contribution is -2.15. The van der Waals surface area contributed by atoms with Crippen LogP contribution in [0.4, 0.5) is 0 Å². The van der Waals surface area contributed by atoms with E-state index in [2.05, 4.69) is 38.1 Å². The van der Waals surface area contributed by atoms with Crippen LogP contribution < -0.4 is 5.73 Å². The van der Waals surface area contributed by atoms with E-state index in [0.717, 1.165) is 34.6 Å². The van der Waals surface area contributed by atoms with Gasteiger partial charge < -0.3 is 5.73 Å². The van der Waals surface area contributed by atoms with E-state index in [1.54, 1.807) is 25.3 Å². The monoisotopic (exact) mass is 378 g/mol. The Kier molecular flexibility index (Phi) is 12.7. The molecule has 28 heavy (non-hydrogen) atoms. The van der Waals surface area contributed by atoms with Crippen LogP contribution in [0.3, 0.4) is 0 Å². The topological polar surface area (TPSA) is 74.5 Å². The summed E-state index contributed by atoms with van der Waals surface area (Å²) in [5.41, 5.74) is 10.7. The molecule has 0 bridgehead atoms. The van der Waals surface area contributed by atoms with Gasteiger partial charge in [0.15, 0.2) is 0 Å². The van der Waals surface area contributed by atoms with Gasteiger partial charge >= 0.3 is 0 Å². The Bertz CT molecular complexity index is 765. The minimum absolute atomic E-state index is 0.240. The molecule has 1 atom stereocenters. The molecule has 1 unspecified atom stereocenters. The lowest BCUT2D eigenvalue weighted by molar-refractivity contribution is 0.738. The van der Waals surface area contributed by atoms with Gasteiger partial charge in [0.05, 0.1) is 11.8 Å². The molecule has 0 rings (SSSR count). The maximum absolute atomic E-state index is 9.37.